The summed E-state index contributed by atoms with van der Waals surface area (Å²) in [4.78, 5) is 9.76. The highest BCUT2D eigenvalue weighted by Gasteiger charge is 2.04. The first-order valence-electron chi connectivity index (χ1n) is 5.87. The number of aryl methyl sites for hydroxylation is 1. The Balaban J connectivity index is 1.98. The number of rotatable bonds is 4. The zero-order chi connectivity index (χ0) is 13.5. The molecule has 0 unspecified atom stereocenters. The third kappa shape index (κ3) is 4.35. The van der Waals surface area contributed by atoms with E-state index in [1.54, 1.807) is 23.1 Å². The molecule has 0 fully saturated rings. The van der Waals surface area contributed by atoms with Crippen LogP contribution in [0.15, 0.2) is 29.0 Å². The maximum atomic E-state index is 8.72. The lowest BCUT2D eigenvalue weighted by Gasteiger charge is -1.99. The van der Waals surface area contributed by atoms with Gasteiger partial charge >= 0.3 is 0 Å². The zero-order valence-electron chi connectivity index (χ0n) is 10.6. The highest BCUT2D eigenvalue weighted by atomic mass is 32.2. The van der Waals surface area contributed by atoms with Gasteiger partial charge < -0.3 is 5.11 Å². The molecule has 98 valence electrons. The van der Waals surface area contributed by atoms with Crippen molar-refractivity contribution in [3.63, 3.8) is 0 Å². The Kier molecular flexibility index (Phi) is 5.40. The van der Waals surface area contributed by atoms with Gasteiger partial charge in [0.2, 0.25) is 0 Å². The van der Waals surface area contributed by atoms with E-state index in [4.69, 9.17) is 5.11 Å². The smallest absolute Gasteiger partial charge is 0.187 e. The minimum absolute atomic E-state index is 0.110. The van der Waals surface area contributed by atoms with Gasteiger partial charge in [0.25, 0.3) is 0 Å². The molecule has 0 aliphatic rings. The lowest BCUT2D eigenvalue weighted by Crippen LogP contribution is -1.88. The van der Waals surface area contributed by atoms with Crippen LogP contribution in [-0.4, -0.2) is 21.7 Å². The van der Waals surface area contributed by atoms with E-state index in [9.17, 15) is 0 Å². The molecule has 1 N–H and O–H groups in total. The number of nitrogens with zero attached hydrogens (tertiary/aromatic N) is 2. The molecule has 2 heterocycles. The van der Waals surface area contributed by atoms with Crippen molar-refractivity contribution >= 4 is 23.1 Å². The molecule has 19 heavy (non-hydrogen) atoms. The third-order valence-corrected chi connectivity index (χ3v) is 4.30. The monoisotopic (exact) mass is 290 g/mol. The Bertz CT molecular complexity index is 581. The van der Waals surface area contributed by atoms with E-state index in [0.717, 1.165) is 22.0 Å². The maximum absolute atomic E-state index is 8.72. The first kappa shape index (κ1) is 14.1. The van der Waals surface area contributed by atoms with Crippen molar-refractivity contribution in [2.75, 3.05) is 6.61 Å². The zero-order valence-corrected chi connectivity index (χ0v) is 12.2. The van der Waals surface area contributed by atoms with Crippen molar-refractivity contribution in [3.05, 3.63) is 39.8 Å². The number of aliphatic hydroxyl groups is 1. The van der Waals surface area contributed by atoms with E-state index < -0.39 is 0 Å². The van der Waals surface area contributed by atoms with Gasteiger partial charge in [-0.15, -0.1) is 11.3 Å². The summed E-state index contributed by atoms with van der Waals surface area (Å²) in [5.74, 6) is 6.86. The van der Waals surface area contributed by atoms with E-state index in [2.05, 4.69) is 21.8 Å². The minimum atomic E-state index is 0.110. The first-order chi connectivity index (χ1) is 9.29. The normalized spacial score (nSPS) is 10.0. The summed E-state index contributed by atoms with van der Waals surface area (Å²) >= 11 is 3.30. The van der Waals surface area contributed by atoms with E-state index in [1.807, 2.05) is 30.8 Å². The van der Waals surface area contributed by atoms with Crippen LogP contribution >= 0.6 is 23.1 Å². The number of hydrogen-bond acceptors (Lipinski definition) is 5. The fraction of sp³-hybridized carbons (Fsp3) is 0.286. The second-order valence-electron chi connectivity index (χ2n) is 3.86. The fourth-order valence-corrected chi connectivity index (χ4v) is 3.10. The number of hydrogen-bond donors (Lipinski definition) is 1. The van der Waals surface area contributed by atoms with Crippen LogP contribution in [0.25, 0.3) is 0 Å². The fourth-order valence-electron chi connectivity index (χ4n) is 1.36. The molecule has 2 rings (SSSR count). The molecule has 0 radical (unpaired) electrons. The second kappa shape index (κ2) is 7.29. The molecule has 5 heteroatoms. The molecular formula is C14H14N2OS2. The molecule has 3 nitrogen and oxygen atoms in total. The lowest BCUT2D eigenvalue weighted by atomic mass is 10.2. The summed E-state index contributed by atoms with van der Waals surface area (Å²) < 4.78 is 0. The van der Waals surface area contributed by atoms with Crippen LogP contribution in [0.2, 0.25) is 0 Å². The topological polar surface area (TPSA) is 46.0 Å². The van der Waals surface area contributed by atoms with Crippen molar-refractivity contribution in [1.82, 2.24) is 9.97 Å². The van der Waals surface area contributed by atoms with Crippen molar-refractivity contribution in [1.29, 1.82) is 0 Å². The maximum Gasteiger partial charge on any atom is 0.187 e. The molecule has 0 bridgehead atoms. The number of aromatic nitrogens is 2. The molecular weight excluding hydrogens is 276 g/mol. The Labute approximate surface area is 121 Å². The van der Waals surface area contributed by atoms with Crippen molar-refractivity contribution in [3.8, 4) is 11.8 Å². The van der Waals surface area contributed by atoms with Crippen LogP contribution in [0.1, 0.15) is 22.4 Å². The van der Waals surface area contributed by atoms with Crippen LogP contribution in [0.3, 0.4) is 0 Å². The molecule has 0 atom stereocenters. The Morgan fingerprint density at radius 2 is 2.16 bits per heavy atom. The van der Waals surface area contributed by atoms with Gasteiger partial charge in [-0.2, -0.15) is 0 Å². The van der Waals surface area contributed by atoms with Crippen LogP contribution in [0.4, 0.5) is 0 Å². The van der Waals surface area contributed by atoms with Crippen molar-refractivity contribution in [2.45, 2.75) is 24.3 Å². The van der Waals surface area contributed by atoms with Crippen LogP contribution in [0, 0.1) is 18.8 Å². The predicted octanol–water partition coefficient (Wildman–Crippen LogP) is 2.87. The highest BCUT2D eigenvalue weighted by molar-refractivity contribution is 7.98. The van der Waals surface area contributed by atoms with Gasteiger partial charge in [0.05, 0.1) is 6.61 Å². The molecule has 0 aliphatic carbocycles. The van der Waals surface area contributed by atoms with Gasteiger partial charge in [0, 0.05) is 35.0 Å². The Morgan fingerprint density at radius 3 is 2.89 bits per heavy atom. The molecule has 2 aromatic rings. The number of thioether (sulfide) groups is 1. The molecule has 0 aliphatic heterocycles. The summed E-state index contributed by atoms with van der Waals surface area (Å²) in [5.41, 5.74) is 2.11. The average molecular weight is 290 g/mol. The van der Waals surface area contributed by atoms with Gasteiger partial charge in [-0.3, -0.25) is 0 Å². The largest absolute Gasteiger partial charge is 0.395 e. The quantitative estimate of drug-likeness (QED) is 0.534. The van der Waals surface area contributed by atoms with Gasteiger partial charge in [0.1, 0.15) is 0 Å². The molecule has 2 aromatic heterocycles. The van der Waals surface area contributed by atoms with E-state index in [-0.39, 0.29) is 6.61 Å². The molecule has 0 amide bonds. The van der Waals surface area contributed by atoms with Crippen LogP contribution < -0.4 is 0 Å². The Hall–Kier alpha value is -1.35. The van der Waals surface area contributed by atoms with E-state index in [0.29, 0.717) is 6.42 Å². The van der Waals surface area contributed by atoms with Gasteiger partial charge in [-0.05, 0) is 23.9 Å². The van der Waals surface area contributed by atoms with Gasteiger partial charge in [-0.25, -0.2) is 9.97 Å². The molecule has 0 saturated heterocycles. The standard InChI is InChI=1S/C14H14N2OS2/c1-11-8-15-14(16-9-11)19-10-13-12(5-7-18-13)4-2-3-6-17/h5,7-9,17H,3,6,10H2,1H3. The van der Waals surface area contributed by atoms with E-state index >= 15 is 0 Å². The second-order valence-corrected chi connectivity index (χ2v) is 5.81. The van der Waals surface area contributed by atoms with Gasteiger partial charge in [-0.1, -0.05) is 23.6 Å². The van der Waals surface area contributed by atoms with Crippen molar-refractivity contribution in [2.24, 2.45) is 0 Å². The summed E-state index contributed by atoms with van der Waals surface area (Å²) in [6, 6.07) is 2.01. The number of thiophene rings is 1. The predicted molar refractivity (Wildman–Crippen MR) is 79.2 cm³/mol. The summed E-state index contributed by atoms with van der Waals surface area (Å²) in [5, 5.41) is 11.5. The summed E-state index contributed by atoms with van der Waals surface area (Å²) in [7, 11) is 0. The average Bonchev–Trinajstić information content (AvgIpc) is 2.86. The SMILES string of the molecule is Cc1cnc(SCc2sccc2C#CCCO)nc1. The molecule has 0 saturated carbocycles. The molecule has 0 aromatic carbocycles. The Morgan fingerprint density at radius 1 is 1.37 bits per heavy atom. The minimum Gasteiger partial charge on any atom is -0.395 e. The summed E-state index contributed by atoms with van der Waals surface area (Å²) in [6.07, 6.45) is 4.17. The van der Waals surface area contributed by atoms with Crippen molar-refractivity contribution < 1.29 is 5.11 Å². The lowest BCUT2D eigenvalue weighted by molar-refractivity contribution is 0.305. The van der Waals surface area contributed by atoms with Gasteiger partial charge in [0.15, 0.2) is 5.16 Å². The van der Waals surface area contributed by atoms with E-state index in [1.165, 1.54) is 4.88 Å². The van der Waals surface area contributed by atoms with Crippen LogP contribution in [-0.2, 0) is 5.75 Å². The number of aliphatic hydroxyl groups excluding tert-OH is 1. The molecule has 0 spiro atoms. The van der Waals surface area contributed by atoms with Crippen LogP contribution in [0.5, 0.6) is 0 Å². The highest BCUT2D eigenvalue weighted by Crippen LogP contribution is 2.25. The first-order valence-corrected chi connectivity index (χ1v) is 7.73. The summed E-state index contributed by atoms with van der Waals surface area (Å²) in [6.45, 7) is 2.08. The third-order valence-electron chi connectivity index (χ3n) is 2.29.